The summed E-state index contributed by atoms with van der Waals surface area (Å²) in [7, 11) is 3.68. The summed E-state index contributed by atoms with van der Waals surface area (Å²) in [6, 6.07) is 11.7. The van der Waals surface area contributed by atoms with Gasteiger partial charge in [-0.1, -0.05) is 28.1 Å². The van der Waals surface area contributed by atoms with Gasteiger partial charge >= 0.3 is 0 Å². The fourth-order valence-corrected chi connectivity index (χ4v) is 2.51. The number of aliphatic hydroxyl groups is 1. The van der Waals surface area contributed by atoms with Crippen molar-refractivity contribution in [2.75, 3.05) is 20.6 Å². The highest BCUT2D eigenvalue weighted by Crippen LogP contribution is 2.20. The van der Waals surface area contributed by atoms with Crippen LogP contribution < -0.4 is 5.32 Å². The number of aliphatic imine (C=N–C) groups is 1. The summed E-state index contributed by atoms with van der Waals surface area (Å²) in [6.45, 7) is 2.73. The van der Waals surface area contributed by atoms with Crippen molar-refractivity contribution in [1.82, 2.24) is 10.2 Å². The Kier molecular flexibility index (Phi) is 8.24. The number of benzene rings is 1. The smallest absolute Gasteiger partial charge is 0.193 e. The number of hydrogen-bond donors (Lipinski definition) is 2. The lowest BCUT2D eigenvalue weighted by atomic mass is 10.0. The molecule has 5 nitrogen and oxygen atoms in total. The van der Waals surface area contributed by atoms with Crippen LogP contribution in [0.2, 0.25) is 0 Å². The second kappa shape index (κ2) is 9.43. The molecule has 0 spiro atoms. The number of halogens is 2. The van der Waals surface area contributed by atoms with Crippen LogP contribution >= 0.6 is 39.9 Å². The number of furan rings is 1. The monoisotopic (exact) mass is 507 g/mol. The number of hydrogen-bond acceptors (Lipinski definition) is 3. The van der Waals surface area contributed by atoms with Crippen molar-refractivity contribution in [3.05, 3.63) is 58.5 Å². The molecule has 1 unspecified atom stereocenters. The Morgan fingerprint density at radius 1 is 1.33 bits per heavy atom. The highest BCUT2D eigenvalue weighted by atomic mass is 127. The fraction of sp³-hybridized carbons (Fsp3) is 0.353. The van der Waals surface area contributed by atoms with Crippen LogP contribution in [-0.4, -0.2) is 36.6 Å². The standard InChI is InChI=1S/C17H22BrN3O2.HI/c1-17(22,15-5-4-10-23-15)12-20-16(19-2)21(3)11-13-6-8-14(18)9-7-13;/h4-10,22H,11-12H2,1-3H3,(H,19,20);1H. The van der Waals surface area contributed by atoms with E-state index in [1.165, 1.54) is 5.56 Å². The molecule has 7 heteroatoms. The summed E-state index contributed by atoms with van der Waals surface area (Å²) in [5.41, 5.74) is 0.0779. The van der Waals surface area contributed by atoms with Crippen LogP contribution in [0.15, 0.2) is 56.5 Å². The van der Waals surface area contributed by atoms with Crippen LogP contribution in [0.25, 0.3) is 0 Å². The summed E-state index contributed by atoms with van der Waals surface area (Å²) < 4.78 is 6.34. The Balaban J connectivity index is 0.00000288. The van der Waals surface area contributed by atoms with E-state index in [1.54, 1.807) is 32.4 Å². The molecule has 0 saturated carbocycles. The molecule has 0 fully saturated rings. The summed E-state index contributed by atoms with van der Waals surface area (Å²) in [5, 5.41) is 13.7. The molecule has 0 radical (unpaired) electrons. The van der Waals surface area contributed by atoms with Gasteiger partial charge < -0.3 is 19.7 Å². The van der Waals surface area contributed by atoms with Crippen LogP contribution in [0.5, 0.6) is 0 Å². The van der Waals surface area contributed by atoms with Gasteiger partial charge in [0.25, 0.3) is 0 Å². The minimum Gasteiger partial charge on any atom is -0.466 e. The molecule has 1 aromatic heterocycles. The quantitative estimate of drug-likeness (QED) is 0.369. The molecule has 2 rings (SSSR count). The van der Waals surface area contributed by atoms with Crippen LogP contribution in [0, 0.1) is 0 Å². The third-order valence-electron chi connectivity index (χ3n) is 3.55. The van der Waals surface area contributed by atoms with Gasteiger partial charge in [-0.05, 0) is 36.8 Å². The molecule has 1 atom stereocenters. The molecule has 1 aromatic carbocycles. The van der Waals surface area contributed by atoms with Gasteiger partial charge in [0.1, 0.15) is 11.4 Å². The highest BCUT2D eigenvalue weighted by molar-refractivity contribution is 14.0. The van der Waals surface area contributed by atoms with E-state index in [0.29, 0.717) is 18.3 Å². The molecule has 24 heavy (non-hydrogen) atoms. The molecule has 0 aliphatic carbocycles. The molecule has 0 aliphatic rings. The van der Waals surface area contributed by atoms with Gasteiger partial charge in [-0.15, -0.1) is 24.0 Å². The van der Waals surface area contributed by atoms with E-state index in [4.69, 9.17) is 4.42 Å². The van der Waals surface area contributed by atoms with E-state index in [-0.39, 0.29) is 24.0 Å². The Bertz CT molecular complexity index is 642. The molecule has 2 N–H and O–H groups in total. The lowest BCUT2D eigenvalue weighted by Crippen LogP contribution is -2.44. The molecular weight excluding hydrogens is 485 g/mol. The Labute approximate surface area is 168 Å². The lowest BCUT2D eigenvalue weighted by molar-refractivity contribution is 0.0381. The van der Waals surface area contributed by atoms with Crippen molar-refractivity contribution in [1.29, 1.82) is 0 Å². The first-order valence-corrected chi connectivity index (χ1v) is 8.14. The average molecular weight is 508 g/mol. The Morgan fingerprint density at radius 2 is 2.00 bits per heavy atom. The topological polar surface area (TPSA) is 61.0 Å². The molecule has 0 amide bonds. The first kappa shape index (κ1) is 21.0. The van der Waals surface area contributed by atoms with E-state index >= 15 is 0 Å². The van der Waals surface area contributed by atoms with Crippen molar-refractivity contribution in [2.45, 2.75) is 19.1 Å². The van der Waals surface area contributed by atoms with Crippen LogP contribution in [-0.2, 0) is 12.1 Å². The molecular formula is C17H23BrIN3O2. The molecule has 132 valence electrons. The predicted octanol–water partition coefficient (Wildman–Crippen LogP) is 3.58. The molecule has 0 saturated heterocycles. The van der Waals surface area contributed by atoms with Crippen molar-refractivity contribution < 1.29 is 9.52 Å². The zero-order valence-corrected chi connectivity index (χ0v) is 17.9. The van der Waals surface area contributed by atoms with Crippen molar-refractivity contribution >= 4 is 45.9 Å². The third-order valence-corrected chi connectivity index (χ3v) is 4.08. The number of nitrogens with one attached hydrogen (secondary N) is 1. The SMILES string of the molecule is CN=C(NCC(C)(O)c1ccco1)N(C)Cc1ccc(Br)cc1.I. The fourth-order valence-electron chi connectivity index (χ4n) is 2.25. The third kappa shape index (κ3) is 5.78. The minimum atomic E-state index is -1.10. The van der Waals surface area contributed by atoms with Gasteiger partial charge in [0.2, 0.25) is 0 Å². The highest BCUT2D eigenvalue weighted by Gasteiger charge is 2.26. The predicted molar refractivity (Wildman–Crippen MR) is 111 cm³/mol. The van der Waals surface area contributed by atoms with E-state index in [1.807, 2.05) is 24.1 Å². The maximum Gasteiger partial charge on any atom is 0.193 e. The van der Waals surface area contributed by atoms with Crippen LogP contribution in [0.3, 0.4) is 0 Å². The van der Waals surface area contributed by atoms with Gasteiger partial charge in [-0.2, -0.15) is 0 Å². The maximum absolute atomic E-state index is 10.5. The molecule has 2 aromatic rings. The average Bonchev–Trinajstić information content (AvgIpc) is 3.05. The minimum absolute atomic E-state index is 0. The Hall–Kier alpha value is -1.06. The lowest BCUT2D eigenvalue weighted by Gasteiger charge is -2.26. The van der Waals surface area contributed by atoms with Gasteiger partial charge in [-0.25, -0.2) is 0 Å². The van der Waals surface area contributed by atoms with Gasteiger partial charge in [0.15, 0.2) is 5.96 Å². The van der Waals surface area contributed by atoms with E-state index < -0.39 is 5.60 Å². The van der Waals surface area contributed by atoms with E-state index in [0.717, 1.165) is 11.0 Å². The second-order valence-corrected chi connectivity index (χ2v) is 6.55. The number of rotatable bonds is 5. The maximum atomic E-state index is 10.5. The molecule has 1 heterocycles. The Morgan fingerprint density at radius 3 is 2.54 bits per heavy atom. The normalized spacial score (nSPS) is 13.8. The summed E-state index contributed by atoms with van der Waals surface area (Å²) in [4.78, 5) is 6.27. The number of guanidine groups is 1. The van der Waals surface area contributed by atoms with Gasteiger partial charge in [0, 0.05) is 25.1 Å². The first-order chi connectivity index (χ1) is 10.9. The summed E-state index contributed by atoms with van der Waals surface area (Å²) in [5.74, 6) is 1.23. The zero-order chi connectivity index (χ0) is 16.9. The van der Waals surface area contributed by atoms with Crippen molar-refractivity contribution in [2.24, 2.45) is 4.99 Å². The van der Waals surface area contributed by atoms with Crippen LogP contribution in [0.1, 0.15) is 18.2 Å². The van der Waals surface area contributed by atoms with Crippen LogP contribution in [0.4, 0.5) is 0 Å². The summed E-state index contributed by atoms with van der Waals surface area (Å²) in [6.07, 6.45) is 1.55. The van der Waals surface area contributed by atoms with Crippen molar-refractivity contribution in [3.63, 3.8) is 0 Å². The number of nitrogens with zero attached hydrogens (tertiary/aromatic N) is 2. The van der Waals surface area contributed by atoms with E-state index in [9.17, 15) is 5.11 Å². The van der Waals surface area contributed by atoms with Crippen molar-refractivity contribution in [3.8, 4) is 0 Å². The first-order valence-electron chi connectivity index (χ1n) is 7.35. The summed E-state index contributed by atoms with van der Waals surface area (Å²) >= 11 is 3.43. The second-order valence-electron chi connectivity index (χ2n) is 5.63. The molecule has 0 bridgehead atoms. The van der Waals surface area contributed by atoms with Gasteiger partial charge in [0.05, 0.1) is 12.8 Å². The largest absolute Gasteiger partial charge is 0.466 e. The van der Waals surface area contributed by atoms with E-state index in [2.05, 4.69) is 38.4 Å². The zero-order valence-electron chi connectivity index (χ0n) is 14.0. The molecule has 0 aliphatic heterocycles. The van der Waals surface area contributed by atoms with Gasteiger partial charge in [-0.3, -0.25) is 4.99 Å².